The van der Waals surface area contributed by atoms with Gasteiger partial charge >= 0.3 is 16.3 Å². The lowest BCUT2D eigenvalue weighted by molar-refractivity contribution is 0.0592. The summed E-state index contributed by atoms with van der Waals surface area (Å²) >= 11 is 0. The van der Waals surface area contributed by atoms with Crippen molar-refractivity contribution in [3.8, 4) is 0 Å². The second-order valence-corrected chi connectivity index (χ2v) is 5.12. The number of morpholine rings is 1. The van der Waals surface area contributed by atoms with Crippen LogP contribution in [0, 0.1) is 0 Å². The maximum absolute atomic E-state index is 11.8. The Kier molecular flexibility index (Phi) is 3.90. The third-order valence-corrected chi connectivity index (χ3v) is 3.72. The molecule has 0 unspecified atom stereocenters. The van der Waals surface area contributed by atoms with Crippen LogP contribution < -0.4 is 0 Å². The minimum absolute atomic E-state index is 0.0920. The van der Waals surface area contributed by atoms with Gasteiger partial charge in [-0.15, -0.1) is 0 Å². The summed E-state index contributed by atoms with van der Waals surface area (Å²) in [5.41, 5.74) is 0.0920. The number of rotatable bonds is 3. The Hall–Kier alpha value is -1.51. The zero-order valence-corrected chi connectivity index (χ0v) is 10.3. The van der Waals surface area contributed by atoms with Gasteiger partial charge in [0, 0.05) is 25.5 Å². The van der Waals surface area contributed by atoms with E-state index in [4.69, 9.17) is 4.74 Å². The Morgan fingerprint density at radius 1 is 1.39 bits per heavy atom. The average molecular weight is 272 g/mol. The number of carbonyl (C=O) groups is 1. The van der Waals surface area contributed by atoms with Gasteiger partial charge in [-0.3, -0.25) is 4.98 Å². The van der Waals surface area contributed by atoms with Gasteiger partial charge in [-0.2, -0.15) is 12.7 Å². The quantitative estimate of drug-likeness (QED) is 0.758. The molecule has 1 aromatic heterocycles. The summed E-state index contributed by atoms with van der Waals surface area (Å²) in [6.45, 7) is 0.957. The summed E-state index contributed by atoms with van der Waals surface area (Å²) in [7, 11) is -4.05. The predicted molar refractivity (Wildman–Crippen MR) is 61.0 cm³/mol. The molecule has 0 aromatic carbocycles. The highest BCUT2D eigenvalue weighted by molar-refractivity contribution is 7.84. The van der Waals surface area contributed by atoms with Gasteiger partial charge in [-0.1, -0.05) is 0 Å². The first-order valence-corrected chi connectivity index (χ1v) is 6.68. The van der Waals surface area contributed by atoms with E-state index in [0.717, 1.165) is 4.31 Å². The zero-order valence-electron chi connectivity index (χ0n) is 9.48. The monoisotopic (exact) mass is 272 g/mol. The van der Waals surface area contributed by atoms with Crippen molar-refractivity contribution in [3.63, 3.8) is 0 Å². The molecule has 1 aliphatic heterocycles. The minimum atomic E-state index is -4.05. The van der Waals surface area contributed by atoms with Gasteiger partial charge in [0.05, 0.1) is 18.8 Å². The number of ether oxygens (including phenoxy) is 1. The highest BCUT2D eigenvalue weighted by Crippen LogP contribution is 2.10. The van der Waals surface area contributed by atoms with E-state index >= 15 is 0 Å². The standard InChI is InChI=1S/C10H12N2O5S/c13-10(9-2-1-3-11-8-9)17-18(14,15)12-4-6-16-7-5-12/h1-3,8H,4-7H2. The zero-order chi connectivity index (χ0) is 13.0. The molecule has 0 atom stereocenters. The van der Waals surface area contributed by atoms with Gasteiger partial charge in [0.1, 0.15) is 0 Å². The van der Waals surface area contributed by atoms with E-state index in [1.807, 2.05) is 0 Å². The smallest absolute Gasteiger partial charge is 0.379 e. The van der Waals surface area contributed by atoms with Crippen LogP contribution >= 0.6 is 0 Å². The molecule has 1 aliphatic rings. The molecule has 8 heteroatoms. The fourth-order valence-corrected chi connectivity index (χ4v) is 2.44. The van der Waals surface area contributed by atoms with Crippen molar-refractivity contribution in [2.24, 2.45) is 0 Å². The van der Waals surface area contributed by atoms with E-state index in [-0.39, 0.29) is 18.7 Å². The van der Waals surface area contributed by atoms with E-state index in [1.54, 1.807) is 0 Å². The third-order valence-electron chi connectivity index (χ3n) is 2.36. The Bertz CT molecular complexity index is 510. The van der Waals surface area contributed by atoms with Gasteiger partial charge in [0.25, 0.3) is 0 Å². The van der Waals surface area contributed by atoms with Crippen LogP contribution in [0.3, 0.4) is 0 Å². The lowest BCUT2D eigenvalue weighted by atomic mass is 10.3. The van der Waals surface area contributed by atoms with Crippen molar-refractivity contribution in [2.45, 2.75) is 0 Å². The second-order valence-electron chi connectivity index (χ2n) is 3.58. The van der Waals surface area contributed by atoms with Gasteiger partial charge in [0.15, 0.2) is 0 Å². The molecule has 2 rings (SSSR count). The first-order chi connectivity index (χ1) is 8.59. The normalized spacial score (nSPS) is 17.3. The minimum Gasteiger partial charge on any atom is -0.379 e. The van der Waals surface area contributed by atoms with Gasteiger partial charge in [-0.25, -0.2) is 4.79 Å². The van der Waals surface area contributed by atoms with Crippen LogP contribution in [0.5, 0.6) is 0 Å². The van der Waals surface area contributed by atoms with Gasteiger partial charge in [0.2, 0.25) is 0 Å². The Labute approximate surface area is 105 Å². The van der Waals surface area contributed by atoms with Crippen molar-refractivity contribution < 1.29 is 22.1 Å². The summed E-state index contributed by atoms with van der Waals surface area (Å²) in [5, 5.41) is 0. The molecule has 1 aromatic rings. The van der Waals surface area contributed by atoms with Crippen molar-refractivity contribution in [1.82, 2.24) is 9.29 Å². The lowest BCUT2D eigenvalue weighted by Gasteiger charge is -2.24. The van der Waals surface area contributed by atoms with Crippen LogP contribution in [0.1, 0.15) is 10.4 Å². The van der Waals surface area contributed by atoms with Crippen molar-refractivity contribution in [2.75, 3.05) is 26.3 Å². The topological polar surface area (TPSA) is 85.8 Å². The molecule has 2 heterocycles. The fraction of sp³-hybridized carbons (Fsp3) is 0.400. The molecule has 1 fully saturated rings. The fourth-order valence-electron chi connectivity index (χ4n) is 1.45. The van der Waals surface area contributed by atoms with Crippen LogP contribution in [-0.4, -0.2) is 50.0 Å². The van der Waals surface area contributed by atoms with Crippen LogP contribution in [-0.2, 0) is 19.2 Å². The Balaban J connectivity index is 2.06. The maximum Gasteiger partial charge on any atom is 0.388 e. The maximum atomic E-state index is 11.8. The van der Waals surface area contributed by atoms with E-state index in [9.17, 15) is 13.2 Å². The number of aromatic nitrogens is 1. The van der Waals surface area contributed by atoms with E-state index in [0.29, 0.717) is 13.2 Å². The number of pyridine rings is 1. The number of hydrogen-bond donors (Lipinski definition) is 0. The van der Waals surface area contributed by atoms with Crippen LogP contribution in [0.2, 0.25) is 0 Å². The van der Waals surface area contributed by atoms with Gasteiger partial charge in [-0.05, 0) is 12.1 Å². The highest BCUT2D eigenvalue weighted by atomic mass is 32.2. The molecule has 7 nitrogen and oxygen atoms in total. The summed E-state index contributed by atoms with van der Waals surface area (Å²) in [5.74, 6) is -0.936. The molecule has 0 saturated carbocycles. The molecule has 1 saturated heterocycles. The van der Waals surface area contributed by atoms with E-state index in [1.165, 1.54) is 24.5 Å². The molecule has 98 valence electrons. The predicted octanol–water partition coefficient (Wildman–Crippen LogP) is -0.185. The number of carbonyl (C=O) groups excluding carboxylic acids is 1. The molecular formula is C10H12N2O5S. The Morgan fingerprint density at radius 2 is 2.11 bits per heavy atom. The first kappa shape index (κ1) is 12.9. The second kappa shape index (κ2) is 5.42. The molecule has 0 spiro atoms. The number of hydrogen-bond acceptors (Lipinski definition) is 6. The SMILES string of the molecule is O=C(OS(=O)(=O)N1CCOCC1)c1cccnc1. The van der Waals surface area contributed by atoms with E-state index in [2.05, 4.69) is 9.17 Å². The molecule has 0 radical (unpaired) electrons. The summed E-state index contributed by atoms with van der Waals surface area (Å²) in [4.78, 5) is 15.3. The van der Waals surface area contributed by atoms with Crippen LogP contribution in [0.15, 0.2) is 24.5 Å². The molecular weight excluding hydrogens is 260 g/mol. The van der Waals surface area contributed by atoms with Crippen molar-refractivity contribution in [1.29, 1.82) is 0 Å². The highest BCUT2D eigenvalue weighted by Gasteiger charge is 2.28. The molecule has 0 N–H and O–H groups in total. The van der Waals surface area contributed by atoms with E-state index < -0.39 is 16.3 Å². The van der Waals surface area contributed by atoms with Gasteiger partial charge < -0.3 is 8.92 Å². The van der Waals surface area contributed by atoms with Crippen molar-refractivity contribution in [3.05, 3.63) is 30.1 Å². The summed E-state index contributed by atoms with van der Waals surface area (Å²) in [6.07, 6.45) is 2.73. The number of nitrogens with zero attached hydrogens (tertiary/aromatic N) is 2. The molecule has 18 heavy (non-hydrogen) atoms. The third kappa shape index (κ3) is 3.03. The summed E-state index contributed by atoms with van der Waals surface area (Å²) < 4.78 is 34.2. The Morgan fingerprint density at radius 3 is 2.72 bits per heavy atom. The molecule has 0 amide bonds. The largest absolute Gasteiger partial charge is 0.388 e. The average Bonchev–Trinajstić information content (AvgIpc) is 2.40. The summed E-state index contributed by atoms with van der Waals surface area (Å²) in [6, 6.07) is 2.96. The first-order valence-electron chi connectivity index (χ1n) is 5.31. The van der Waals surface area contributed by atoms with Crippen LogP contribution in [0.4, 0.5) is 0 Å². The lowest BCUT2D eigenvalue weighted by Crippen LogP contribution is -2.42. The van der Waals surface area contributed by atoms with Crippen LogP contribution in [0.25, 0.3) is 0 Å². The molecule has 0 bridgehead atoms. The molecule has 0 aliphatic carbocycles. The van der Waals surface area contributed by atoms with Crippen molar-refractivity contribution >= 4 is 16.3 Å².